The van der Waals surface area contributed by atoms with Gasteiger partial charge in [-0.15, -0.1) is 0 Å². The van der Waals surface area contributed by atoms with Crippen LogP contribution >= 0.6 is 0 Å². The van der Waals surface area contributed by atoms with Gasteiger partial charge in [-0.25, -0.2) is 14.8 Å². The van der Waals surface area contributed by atoms with Crippen molar-refractivity contribution in [2.45, 2.75) is 45.6 Å². The fourth-order valence-corrected chi connectivity index (χ4v) is 3.57. The predicted octanol–water partition coefficient (Wildman–Crippen LogP) is 3.73. The number of urea groups is 1. The minimum absolute atomic E-state index is 0. The van der Waals surface area contributed by atoms with Crippen LogP contribution in [-0.4, -0.2) is 47.4 Å². The van der Waals surface area contributed by atoms with Crippen molar-refractivity contribution < 1.29 is 12.4 Å². The minimum Gasteiger partial charge on any atom is -0.384 e. The van der Waals surface area contributed by atoms with Crippen LogP contribution in [0, 0.1) is 0 Å². The van der Waals surface area contributed by atoms with Crippen LogP contribution in [-0.2, 0) is 17.7 Å². The first-order chi connectivity index (χ1) is 14.7. The molecule has 0 atom stereocenters. The summed E-state index contributed by atoms with van der Waals surface area (Å²) in [4.78, 5) is 21.1. The highest BCUT2D eigenvalue weighted by Crippen LogP contribution is 2.29. The topological polar surface area (TPSA) is 107 Å². The van der Waals surface area contributed by atoms with Gasteiger partial charge in [-0.05, 0) is 25.3 Å². The van der Waals surface area contributed by atoms with Gasteiger partial charge in [0.1, 0.15) is 11.3 Å². The smallest absolute Gasteiger partial charge is 0.314 e. The molecule has 4 N–H and O–H groups in total. The first-order valence-corrected chi connectivity index (χ1v) is 10.7. The molecule has 2 aromatic heterocycles. The summed E-state index contributed by atoms with van der Waals surface area (Å²) in [5.74, 6) is 1.40. The molecule has 0 aliphatic heterocycles. The van der Waals surface area contributed by atoms with Gasteiger partial charge in [0.15, 0.2) is 5.82 Å². The van der Waals surface area contributed by atoms with E-state index in [-0.39, 0.29) is 8.88 Å². The average Bonchev–Trinajstić information content (AvgIpc) is 3.11. The number of carbonyl (C=O) groups excluding carboxylic acids is 1. The van der Waals surface area contributed by atoms with Crippen molar-refractivity contribution in [3.63, 3.8) is 0 Å². The molecule has 0 radical (unpaired) electrons. The number of anilines is 1. The summed E-state index contributed by atoms with van der Waals surface area (Å²) in [7, 11) is 1.69. The predicted molar refractivity (Wildman–Crippen MR) is 125 cm³/mol. The van der Waals surface area contributed by atoms with Gasteiger partial charge in [-0.1, -0.05) is 31.5 Å². The molecule has 2 heterocycles. The number of aromatic nitrogens is 3. The lowest BCUT2D eigenvalue weighted by Crippen LogP contribution is -2.36. The molecular weight excluding hydrogens is 380 g/mol. The van der Waals surface area contributed by atoms with E-state index < -0.39 is 0 Å². The average molecular weight is 417 g/mol. The number of ether oxygens (including phenoxy) is 1. The molecular formula is C22H36N6O2. The standard InChI is InChI=1S/C22H32N6O2.2H2/c1-3-4-12-24-22(29)25-13-7-8-14-28-18(11-15-30-2)27-19-20(28)16-9-5-6-10-17(16)26-21(19)23;;/h5-6,9-10H,3-4,7-8,11-15H2,1-2H3,(H2,23,26)(H2,24,25,29);2*1H. The van der Waals surface area contributed by atoms with Crippen LogP contribution in [0.2, 0.25) is 0 Å². The lowest BCUT2D eigenvalue weighted by Gasteiger charge is -2.11. The van der Waals surface area contributed by atoms with E-state index in [1.165, 1.54) is 0 Å². The molecule has 0 saturated carbocycles. The van der Waals surface area contributed by atoms with E-state index in [4.69, 9.17) is 15.5 Å². The number of nitrogens with one attached hydrogen (secondary N) is 2. The van der Waals surface area contributed by atoms with Gasteiger partial charge in [-0.2, -0.15) is 0 Å². The number of unbranched alkanes of at least 4 members (excludes halogenated alkanes) is 2. The highest BCUT2D eigenvalue weighted by Gasteiger charge is 2.16. The summed E-state index contributed by atoms with van der Waals surface area (Å²) in [6, 6.07) is 7.90. The van der Waals surface area contributed by atoms with Gasteiger partial charge < -0.3 is 25.7 Å². The van der Waals surface area contributed by atoms with Gasteiger partial charge in [0.25, 0.3) is 0 Å². The second kappa shape index (κ2) is 10.8. The molecule has 0 fully saturated rings. The summed E-state index contributed by atoms with van der Waals surface area (Å²) in [6.07, 6.45) is 4.56. The molecule has 0 aliphatic rings. The zero-order valence-electron chi connectivity index (χ0n) is 17.9. The lowest BCUT2D eigenvalue weighted by molar-refractivity contribution is 0.199. The van der Waals surface area contributed by atoms with Gasteiger partial charge in [-0.3, -0.25) is 0 Å². The molecule has 166 valence electrons. The lowest BCUT2D eigenvalue weighted by atomic mass is 10.2. The Morgan fingerprint density at radius 1 is 1.17 bits per heavy atom. The number of fused-ring (bicyclic) bond motifs is 3. The third-order valence-electron chi connectivity index (χ3n) is 5.13. The first-order valence-electron chi connectivity index (χ1n) is 10.7. The van der Waals surface area contributed by atoms with Crippen LogP contribution in [0.3, 0.4) is 0 Å². The maximum Gasteiger partial charge on any atom is 0.314 e. The number of benzene rings is 1. The van der Waals surface area contributed by atoms with E-state index in [1.54, 1.807) is 7.11 Å². The number of hydrogen-bond donors (Lipinski definition) is 3. The molecule has 8 heteroatoms. The zero-order valence-corrected chi connectivity index (χ0v) is 17.9. The molecule has 0 spiro atoms. The molecule has 1 aromatic carbocycles. The Balaban J connectivity index is 0.00000256. The van der Waals surface area contributed by atoms with Gasteiger partial charge >= 0.3 is 6.03 Å². The van der Waals surface area contributed by atoms with Crippen molar-refractivity contribution >= 4 is 33.8 Å². The zero-order chi connectivity index (χ0) is 21.3. The number of pyridine rings is 1. The van der Waals surface area contributed by atoms with Crippen molar-refractivity contribution in [3.8, 4) is 0 Å². The Kier molecular flexibility index (Phi) is 7.84. The summed E-state index contributed by atoms with van der Waals surface area (Å²) in [6.45, 7) is 4.85. The Morgan fingerprint density at radius 3 is 2.70 bits per heavy atom. The molecule has 0 saturated heterocycles. The summed E-state index contributed by atoms with van der Waals surface area (Å²) >= 11 is 0. The summed E-state index contributed by atoms with van der Waals surface area (Å²) < 4.78 is 7.50. The van der Waals surface area contributed by atoms with Gasteiger partial charge in [0, 0.05) is 41.4 Å². The number of aryl methyl sites for hydroxylation is 1. The van der Waals surface area contributed by atoms with E-state index in [9.17, 15) is 4.79 Å². The van der Waals surface area contributed by atoms with Gasteiger partial charge in [0.05, 0.1) is 17.6 Å². The molecule has 0 bridgehead atoms. The maximum absolute atomic E-state index is 11.8. The normalized spacial score (nSPS) is 11.3. The quantitative estimate of drug-likeness (QED) is 0.413. The fraction of sp³-hybridized carbons (Fsp3) is 0.500. The Bertz CT molecular complexity index is 995. The number of nitrogens with zero attached hydrogens (tertiary/aromatic N) is 3. The SMILES string of the molecule is CCCCNC(=O)NCCCCn1c(CCOC)nc2c(N)nc3ccccc3c21.[HH].[HH]. The van der Waals surface area contributed by atoms with Crippen LogP contribution in [0.15, 0.2) is 24.3 Å². The van der Waals surface area contributed by atoms with Crippen LogP contribution in [0.5, 0.6) is 0 Å². The number of imidazole rings is 1. The largest absolute Gasteiger partial charge is 0.384 e. The number of amides is 2. The first kappa shape index (κ1) is 21.8. The highest BCUT2D eigenvalue weighted by molar-refractivity contribution is 6.06. The van der Waals surface area contributed by atoms with Crippen molar-refractivity contribution in [1.82, 2.24) is 25.2 Å². The van der Waals surface area contributed by atoms with Crippen LogP contribution in [0.25, 0.3) is 21.9 Å². The van der Waals surface area contributed by atoms with E-state index in [2.05, 4.69) is 33.2 Å². The Hall–Kier alpha value is -2.87. The van der Waals surface area contributed by atoms with E-state index >= 15 is 0 Å². The number of nitrogens with two attached hydrogens (primary N) is 1. The number of methoxy groups -OCH3 is 1. The van der Waals surface area contributed by atoms with Crippen LogP contribution in [0.4, 0.5) is 10.6 Å². The third-order valence-corrected chi connectivity index (χ3v) is 5.13. The summed E-state index contributed by atoms with van der Waals surface area (Å²) in [5.41, 5.74) is 8.85. The van der Waals surface area contributed by atoms with E-state index in [0.717, 1.165) is 66.5 Å². The summed E-state index contributed by atoms with van der Waals surface area (Å²) in [5, 5.41) is 6.84. The van der Waals surface area contributed by atoms with Crippen LogP contribution in [0.1, 0.15) is 41.3 Å². The molecule has 0 unspecified atom stereocenters. The maximum atomic E-state index is 11.8. The Morgan fingerprint density at radius 2 is 1.93 bits per heavy atom. The third kappa shape index (κ3) is 5.18. The molecule has 2 amide bonds. The second-order valence-electron chi connectivity index (χ2n) is 7.38. The van der Waals surface area contributed by atoms with E-state index in [0.29, 0.717) is 25.4 Å². The Labute approximate surface area is 180 Å². The molecule has 8 nitrogen and oxygen atoms in total. The van der Waals surface area contributed by atoms with Crippen molar-refractivity contribution in [1.29, 1.82) is 0 Å². The molecule has 3 rings (SSSR count). The number of para-hydroxylation sites is 1. The number of nitrogen functional groups attached to an aromatic ring is 1. The van der Waals surface area contributed by atoms with E-state index in [1.807, 2.05) is 18.2 Å². The fourth-order valence-electron chi connectivity index (χ4n) is 3.57. The number of rotatable bonds is 11. The monoisotopic (exact) mass is 416 g/mol. The second-order valence-corrected chi connectivity index (χ2v) is 7.38. The number of hydrogen-bond acceptors (Lipinski definition) is 5. The minimum atomic E-state index is -0.0952. The number of carbonyl (C=O) groups is 1. The van der Waals surface area contributed by atoms with Crippen molar-refractivity contribution in [2.24, 2.45) is 0 Å². The van der Waals surface area contributed by atoms with Crippen LogP contribution < -0.4 is 16.4 Å². The van der Waals surface area contributed by atoms with Crippen molar-refractivity contribution in [3.05, 3.63) is 30.1 Å². The highest BCUT2D eigenvalue weighted by atomic mass is 16.5. The molecule has 3 aromatic rings. The molecule has 30 heavy (non-hydrogen) atoms. The van der Waals surface area contributed by atoms with Crippen molar-refractivity contribution in [2.75, 3.05) is 32.5 Å². The molecule has 0 aliphatic carbocycles. The van der Waals surface area contributed by atoms with Gasteiger partial charge in [0.2, 0.25) is 0 Å².